The van der Waals surface area contributed by atoms with Crippen molar-refractivity contribution in [3.05, 3.63) is 47.8 Å². The standard InChI is InChI=1S/C11H8FNO/c12-9-6-5-7-3-1-2-4-8(7)10(9)11(13)14/h1-6H,(H2,13,14). The van der Waals surface area contributed by atoms with Crippen LogP contribution < -0.4 is 5.73 Å². The Kier molecular flexibility index (Phi) is 1.93. The number of nitrogens with two attached hydrogens (primary N) is 1. The highest BCUT2D eigenvalue weighted by Gasteiger charge is 2.11. The summed E-state index contributed by atoms with van der Waals surface area (Å²) in [4.78, 5) is 11.0. The molecule has 0 radical (unpaired) electrons. The normalized spacial score (nSPS) is 10.4. The molecule has 1 amide bonds. The number of carbonyl (C=O) groups is 1. The molecule has 70 valence electrons. The van der Waals surface area contributed by atoms with Gasteiger partial charge in [0.05, 0.1) is 5.56 Å². The van der Waals surface area contributed by atoms with Crippen LogP contribution in [0.3, 0.4) is 0 Å². The number of hydrogen-bond donors (Lipinski definition) is 1. The Morgan fingerprint density at radius 2 is 1.86 bits per heavy atom. The number of benzene rings is 2. The predicted octanol–water partition coefficient (Wildman–Crippen LogP) is 2.08. The molecule has 0 fully saturated rings. The predicted molar refractivity (Wildman–Crippen MR) is 52.4 cm³/mol. The molecule has 0 bridgehead atoms. The third kappa shape index (κ3) is 1.23. The van der Waals surface area contributed by atoms with E-state index >= 15 is 0 Å². The summed E-state index contributed by atoms with van der Waals surface area (Å²) in [6.07, 6.45) is 0. The second-order valence-electron chi connectivity index (χ2n) is 3.01. The van der Waals surface area contributed by atoms with Crippen molar-refractivity contribution < 1.29 is 9.18 Å². The maximum Gasteiger partial charge on any atom is 0.252 e. The molecule has 0 saturated carbocycles. The van der Waals surface area contributed by atoms with Gasteiger partial charge in [-0.3, -0.25) is 4.79 Å². The lowest BCUT2D eigenvalue weighted by Crippen LogP contribution is -2.13. The van der Waals surface area contributed by atoms with Gasteiger partial charge in [0.25, 0.3) is 5.91 Å². The average molecular weight is 189 g/mol. The van der Waals surface area contributed by atoms with Gasteiger partial charge in [0, 0.05) is 0 Å². The van der Waals surface area contributed by atoms with Crippen LogP contribution in [0.15, 0.2) is 36.4 Å². The first-order chi connectivity index (χ1) is 6.70. The lowest BCUT2D eigenvalue weighted by atomic mass is 10.0. The van der Waals surface area contributed by atoms with Gasteiger partial charge in [0.1, 0.15) is 5.82 Å². The van der Waals surface area contributed by atoms with Gasteiger partial charge in [-0.2, -0.15) is 0 Å². The van der Waals surface area contributed by atoms with Crippen LogP contribution in [0.5, 0.6) is 0 Å². The molecule has 0 aliphatic carbocycles. The Morgan fingerprint density at radius 1 is 1.14 bits per heavy atom. The van der Waals surface area contributed by atoms with Gasteiger partial charge in [-0.05, 0) is 16.8 Å². The molecule has 0 atom stereocenters. The maximum atomic E-state index is 13.3. The number of halogens is 1. The number of hydrogen-bond acceptors (Lipinski definition) is 1. The lowest BCUT2D eigenvalue weighted by Gasteiger charge is -2.03. The number of rotatable bonds is 1. The minimum Gasteiger partial charge on any atom is -0.365 e. The molecule has 0 aliphatic rings. The minimum atomic E-state index is -0.737. The molecule has 0 saturated heterocycles. The van der Waals surface area contributed by atoms with Gasteiger partial charge in [-0.25, -0.2) is 4.39 Å². The van der Waals surface area contributed by atoms with E-state index in [0.29, 0.717) is 5.39 Å². The van der Waals surface area contributed by atoms with Crippen molar-refractivity contribution in [2.24, 2.45) is 5.73 Å². The zero-order chi connectivity index (χ0) is 10.1. The third-order valence-electron chi connectivity index (χ3n) is 2.12. The molecular formula is C11H8FNO. The third-order valence-corrected chi connectivity index (χ3v) is 2.12. The number of fused-ring (bicyclic) bond motifs is 1. The highest BCUT2D eigenvalue weighted by molar-refractivity contribution is 6.06. The smallest absolute Gasteiger partial charge is 0.252 e. The van der Waals surface area contributed by atoms with Crippen molar-refractivity contribution in [1.82, 2.24) is 0 Å². The van der Waals surface area contributed by atoms with Crippen LogP contribution in [0.1, 0.15) is 10.4 Å². The van der Waals surface area contributed by atoms with E-state index in [-0.39, 0.29) is 5.56 Å². The van der Waals surface area contributed by atoms with Crippen molar-refractivity contribution in [3.63, 3.8) is 0 Å². The molecule has 2 nitrogen and oxygen atoms in total. The quantitative estimate of drug-likeness (QED) is 0.733. The number of amides is 1. The number of carbonyl (C=O) groups excluding carboxylic acids is 1. The largest absolute Gasteiger partial charge is 0.365 e. The molecule has 0 aromatic heterocycles. The summed E-state index contributed by atoms with van der Waals surface area (Å²) in [6.45, 7) is 0. The molecule has 0 heterocycles. The summed E-state index contributed by atoms with van der Waals surface area (Å²) in [6, 6.07) is 9.93. The minimum absolute atomic E-state index is 0.0388. The van der Waals surface area contributed by atoms with Crippen LogP contribution in [-0.2, 0) is 0 Å². The molecule has 2 rings (SSSR count). The summed E-state index contributed by atoms with van der Waals surface area (Å²) in [5, 5.41) is 1.36. The first-order valence-electron chi connectivity index (χ1n) is 4.17. The van der Waals surface area contributed by atoms with E-state index in [1.165, 1.54) is 6.07 Å². The topological polar surface area (TPSA) is 43.1 Å². The molecule has 3 heteroatoms. The van der Waals surface area contributed by atoms with Crippen LogP contribution in [-0.4, -0.2) is 5.91 Å². The SMILES string of the molecule is NC(=O)c1c(F)ccc2ccccc12. The fourth-order valence-electron chi connectivity index (χ4n) is 1.50. The highest BCUT2D eigenvalue weighted by Crippen LogP contribution is 2.20. The average Bonchev–Trinajstić information content (AvgIpc) is 2.17. The molecule has 0 unspecified atom stereocenters. The Labute approximate surface area is 80.1 Å². The summed E-state index contributed by atoms with van der Waals surface area (Å²) in [5.41, 5.74) is 5.06. The van der Waals surface area contributed by atoms with Gasteiger partial charge in [0.15, 0.2) is 0 Å². The second-order valence-corrected chi connectivity index (χ2v) is 3.01. The van der Waals surface area contributed by atoms with Crippen molar-refractivity contribution in [3.8, 4) is 0 Å². The van der Waals surface area contributed by atoms with E-state index < -0.39 is 11.7 Å². The molecule has 0 spiro atoms. The maximum absolute atomic E-state index is 13.3. The highest BCUT2D eigenvalue weighted by atomic mass is 19.1. The van der Waals surface area contributed by atoms with Crippen LogP contribution in [0, 0.1) is 5.82 Å². The molecule has 2 aromatic carbocycles. The van der Waals surface area contributed by atoms with E-state index in [9.17, 15) is 9.18 Å². The van der Waals surface area contributed by atoms with Crippen LogP contribution in [0.25, 0.3) is 10.8 Å². The van der Waals surface area contributed by atoms with E-state index in [4.69, 9.17) is 5.73 Å². The molecule has 2 N–H and O–H groups in total. The van der Waals surface area contributed by atoms with E-state index in [1.807, 2.05) is 6.07 Å². The zero-order valence-corrected chi connectivity index (χ0v) is 7.33. The van der Waals surface area contributed by atoms with E-state index in [2.05, 4.69) is 0 Å². The summed E-state index contributed by atoms with van der Waals surface area (Å²) >= 11 is 0. The lowest BCUT2D eigenvalue weighted by molar-refractivity contribution is 0.0998. The van der Waals surface area contributed by atoms with Crippen molar-refractivity contribution in [2.75, 3.05) is 0 Å². The summed E-state index contributed by atoms with van der Waals surface area (Å²) < 4.78 is 13.3. The van der Waals surface area contributed by atoms with Crippen molar-refractivity contribution in [1.29, 1.82) is 0 Å². The first kappa shape index (κ1) is 8.69. The van der Waals surface area contributed by atoms with Gasteiger partial charge >= 0.3 is 0 Å². The molecular weight excluding hydrogens is 181 g/mol. The van der Waals surface area contributed by atoms with Gasteiger partial charge in [-0.1, -0.05) is 30.3 Å². The van der Waals surface area contributed by atoms with Crippen LogP contribution in [0.4, 0.5) is 4.39 Å². The van der Waals surface area contributed by atoms with Gasteiger partial charge in [0.2, 0.25) is 0 Å². The van der Waals surface area contributed by atoms with Crippen LogP contribution >= 0.6 is 0 Å². The van der Waals surface area contributed by atoms with Crippen LogP contribution in [0.2, 0.25) is 0 Å². The van der Waals surface area contributed by atoms with E-state index in [1.54, 1.807) is 24.3 Å². The Balaban J connectivity index is 2.90. The first-order valence-corrected chi connectivity index (χ1v) is 4.17. The zero-order valence-electron chi connectivity index (χ0n) is 7.33. The number of primary amides is 1. The van der Waals surface area contributed by atoms with E-state index in [0.717, 1.165) is 5.39 Å². The Morgan fingerprint density at radius 3 is 2.57 bits per heavy atom. The second kappa shape index (κ2) is 3.10. The monoisotopic (exact) mass is 189 g/mol. The van der Waals surface area contributed by atoms with Gasteiger partial charge in [-0.15, -0.1) is 0 Å². The molecule has 14 heavy (non-hydrogen) atoms. The summed E-state index contributed by atoms with van der Waals surface area (Å²) in [7, 11) is 0. The van der Waals surface area contributed by atoms with Crippen molar-refractivity contribution in [2.45, 2.75) is 0 Å². The fraction of sp³-hybridized carbons (Fsp3) is 0. The van der Waals surface area contributed by atoms with Gasteiger partial charge < -0.3 is 5.73 Å². The molecule has 2 aromatic rings. The fourth-order valence-corrected chi connectivity index (χ4v) is 1.50. The Bertz CT molecular complexity index is 508. The Hall–Kier alpha value is -1.90. The van der Waals surface area contributed by atoms with Crippen molar-refractivity contribution >= 4 is 16.7 Å². The summed E-state index contributed by atoms with van der Waals surface area (Å²) in [5.74, 6) is -1.31. The molecule has 0 aliphatic heterocycles.